The van der Waals surface area contributed by atoms with Crippen LogP contribution in [0.3, 0.4) is 0 Å². The normalized spacial score (nSPS) is 14.9. The third-order valence-corrected chi connectivity index (χ3v) is 4.81. The number of non-ortho nitro benzene ring substituents is 1. The second-order valence-electron chi connectivity index (χ2n) is 6.39. The van der Waals surface area contributed by atoms with Gasteiger partial charge in [-0.25, -0.2) is 0 Å². The minimum absolute atomic E-state index is 0.0687. The molecule has 1 aliphatic carbocycles. The van der Waals surface area contributed by atoms with Crippen LogP contribution in [0.4, 0.5) is 11.4 Å². The van der Waals surface area contributed by atoms with Crippen molar-refractivity contribution in [2.75, 3.05) is 5.32 Å². The monoisotopic (exact) mass is 337 g/mol. The number of nitrogens with one attached hydrogen (secondary N) is 1. The van der Waals surface area contributed by atoms with Gasteiger partial charge in [0.05, 0.1) is 28.6 Å². The molecule has 3 aromatic rings. The smallest absolute Gasteiger partial charge is 0.278 e. The number of anilines is 1. The largest absolute Gasteiger partial charge is 0.379 e. The minimum Gasteiger partial charge on any atom is -0.379 e. The Morgan fingerprint density at radius 2 is 2.04 bits per heavy atom. The Balaban J connectivity index is 1.55. The van der Waals surface area contributed by atoms with Gasteiger partial charge in [0.1, 0.15) is 0 Å². The van der Waals surface area contributed by atoms with Crippen molar-refractivity contribution in [1.29, 1.82) is 0 Å². The lowest BCUT2D eigenvalue weighted by Crippen LogP contribution is -2.07. The number of nitrogens with zero attached hydrogens (tertiary/aromatic N) is 4. The molecule has 7 nitrogen and oxygen atoms in total. The fraction of sp³-hybridized carbons (Fsp3) is 0.333. The molecule has 7 heteroatoms. The van der Waals surface area contributed by atoms with E-state index in [0.29, 0.717) is 18.0 Å². The molecule has 0 saturated heterocycles. The second-order valence-corrected chi connectivity index (χ2v) is 6.39. The van der Waals surface area contributed by atoms with E-state index in [1.165, 1.54) is 37.9 Å². The van der Waals surface area contributed by atoms with Gasteiger partial charge in [0.15, 0.2) is 0 Å². The molecule has 0 unspecified atom stereocenters. The highest BCUT2D eigenvalue weighted by molar-refractivity contribution is 5.99. The van der Waals surface area contributed by atoms with E-state index in [9.17, 15) is 10.1 Å². The maximum Gasteiger partial charge on any atom is 0.278 e. The predicted octanol–water partition coefficient (Wildman–Crippen LogP) is 4.07. The molecule has 0 atom stereocenters. The summed E-state index contributed by atoms with van der Waals surface area (Å²) in [6.45, 7) is 0.578. The van der Waals surface area contributed by atoms with Crippen molar-refractivity contribution in [3.8, 4) is 0 Å². The van der Waals surface area contributed by atoms with Gasteiger partial charge >= 0.3 is 0 Å². The van der Waals surface area contributed by atoms with Crippen LogP contribution in [-0.2, 0) is 6.54 Å². The van der Waals surface area contributed by atoms with Crippen LogP contribution in [0, 0.1) is 10.1 Å². The fourth-order valence-corrected chi connectivity index (χ4v) is 3.52. The Hall–Kier alpha value is -2.96. The van der Waals surface area contributed by atoms with Gasteiger partial charge in [-0.1, -0.05) is 12.8 Å². The topological polar surface area (TPSA) is 85.9 Å². The van der Waals surface area contributed by atoms with Crippen molar-refractivity contribution < 1.29 is 4.92 Å². The van der Waals surface area contributed by atoms with Gasteiger partial charge in [-0.2, -0.15) is 5.10 Å². The highest BCUT2D eigenvalue weighted by Gasteiger charge is 2.18. The van der Waals surface area contributed by atoms with E-state index in [0.717, 1.165) is 16.8 Å². The zero-order valence-corrected chi connectivity index (χ0v) is 13.8. The summed E-state index contributed by atoms with van der Waals surface area (Å²) >= 11 is 0. The first-order valence-corrected chi connectivity index (χ1v) is 8.51. The van der Waals surface area contributed by atoms with E-state index in [1.807, 2.05) is 12.3 Å². The molecular weight excluding hydrogens is 318 g/mol. The molecule has 4 rings (SSSR count). The van der Waals surface area contributed by atoms with Crippen molar-refractivity contribution >= 4 is 22.1 Å². The van der Waals surface area contributed by atoms with Gasteiger partial charge in [-0.15, -0.1) is 0 Å². The summed E-state index contributed by atoms with van der Waals surface area (Å²) in [6, 6.07) is 7.61. The first kappa shape index (κ1) is 15.6. The van der Waals surface area contributed by atoms with E-state index >= 15 is 0 Å². The predicted molar refractivity (Wildman–Crippen MR) is 95.5 cm³/mol. The quantitative estimate of drug-likeness (QED) is 0.560. The van der Waals surface area contributed by atoms with Crippen LogP contribution in [-0.4, -0.2) is 19.7 Å². The van der Waals surface area contributed by atoms with Gasteiger partial charge in [0.2, 0.25) is 0 Å². The average Bonchev–Trinajstić information content (AvgIpc) is 3.30. The second kappa shape index (κ2) is 6.51. The van der Waals surface area contributed by atoms with Crippen LogP contribution in [0.25, 0.3) is 10.8 Å². The van der Waals surface area contributed by atoms with Crippen LogP contribution < -0.4 is 5.32 Å². The molecule has 0 spiro atoms. The summed E-state index contributed by atoms with van der Waals surface area (Å²) < 4.78 is 2.07. The zero-order chi connectivity index (χ0) is 17.2. The Kier molecular flexibility index (Phi) is 4.05. The Morgan fingerprint density at radius 3 is 2.84 bits per heavy atom. The summed E-state index contributed by atoms with van der Waals surface area (Å²) in [4.78, 5) is 14.8. The van der Waals surface area contributed by atoms with Crippen LogP contribution in [0.2, 0.25) is 0 Å². The molecule has 25 heavy (non-hydrogen) atoms. The summed E-state index contributed by atoms with van der Waals surface area (Å²) in [6.07, 6.45) is 10.2. The highest BCUT2D eigenvalue weighted by Crippen LogP contribution is 2.31. The molecule has 2 heterocycles. The molecule has 1 aliphatic rings. The van der Waals surface area contributed by atoms with Gasteiger partial charge in [0.25, 0.3) is 5.69 Å². The molecule has 1 fully saturated rings. The molecule has 0 radical (unpaired) electrons. The molecule has 1 N–H and O–H groups in total. The molecule has 0 bridgehead atoms. The van der Waals surface area contributed by atoms with Gasteiger partial charge in [0, 0.05) is 35.7 Å². The number of rotatable bonds is 5. The lowest BCUT2D eigenvalue weighted by molar-refractivity contribution is -0.383. The van der Waals surface area contributed by atoms with Crippen molar-refractivity contribution in [3.05, 3.63) is 58.7 Å². The van der Waals surface area contributed by atoms with Crippen molar-refractivity contribution in [2.45, 2.75) is 38.3 Å². The van der Waals surface area contributed by atoms with Gasteiger partial charge in [-0.05, 0) is 31.0 Å². The van der Waals surface area contributed by atoms with E-state index in [4.69, 9.17) is 0 Å². The first-order valence-electron chi connectivity index (χ1n) is 8.51. The molecule has 128 valence electrons. The minimum atomic E-state index is -0.378. The molecule has 0 aliphatic heterocycles. The van der Waals surface area contributed by atoms with Crippen molar-refractivity contribution in [1.82, 2.24) is 14.8 Å². The summed E-state index contributed by atoms with van der Waals surface area (Å²) in [5.74, 6) is 0. The zero-order valence-electron chi connectivity index (χ0n) is 13.8. The van der Waals surface area contributed by atoms with Gasteiger partial charge < -0.3 is 5.32 Å². The van der Waals surface area contributed by atoms with E-state index < -0.39 is 0 Å². The SMILES string of the molecule is O=[N+]([O-])c1ccc(NCc2ccn(C3CCCC3)n2)c2ccncc12. The highest BCUT2D eigenvalue weighted by atomic mass is 16.6. The Morgan fingerprint density at radius 1 is 1.20 bits per heavy atom. The van der Waals surface area contributed by atoms with E-state index in [2.05, 4.69) is 20.1 Å². The number of nitro groups is 1. The van der Waals surface area contributed by atoms with Crippen LogP contribution >= 0.6 is 0 Å². The number of benzene rings is 1. The molecule has 0 amide bonds. The first-order chi connectivity index (χ1) is 12.2. The number of hydrogen-bond acceptors (Lipinski definition) is 5. The number of pyridine rings is 1. The van der Waals surface area contributed by atoms with Crippen molar-refractivity contribution in [2.24, 2.45) is 0 Å². The van der Waals surface area contributed by atoms with Crippen LogP contribution in [0.5, 0.6) is 0 Å². The fourth-order valence-electron chi connectivity index (χ4n) is 3.52. The average molecular weight is 337 g/mol. The summed E-state index contributed by atoms with van der Waals surface area (Å²) in [5.41, 5.74) is 1.88. The number of fused-ring (bicyclic) bond motifs is 1. The number of nitro benzene ring substituents is 1. The molecule has 2 aromatic heterocycles. The summed E-state index contributed by atoms with van der Waals surface area (Å²) in [5, 5.41) is 20.5. The lowest BCUT2D eigenvalue weighted by Gasteiger charge is -2.10. The van der Waals surface area contributed by atoms with E-state index in [1.54, 1.807) is 18.3 Å². The van der Waals surface area contributed by atoms with Crippen LogP contribution in [0.15, 0.2) is 42.9 Å². The van der Waals surface area contributed by atoms with E-state index in [-0.39, 0.29) is 10.6 Å². The maximum absolute atomic E-state index is 11.2. The Bertz CT molecular complexity index is 915. The third-order valence-electron chi connectivity index (χ3n) is 4.81. The van der Waals surface area contributed by atoms with Crippen LogP contribution in [0.1, 0.15) is 37.4 Å². The maximum atomic E-state index is 11.2. The summed E-state index contributed by atoms with van der Waals surface area (Å²) in [7, 11) is 0. The standard InChI is InChI=1S/C18H19N5O2/c24-23(25)18-6-5-17(15-7-9-19-12-16(15)18)20-11-13-8-10-22(21-13)14-3-1-2-4-14/h5-10,12,14,20H,1-4,11H2. The van der Waals surface area contributed by atoms with Gasteiger partial charge in [-0.3, -0.25) is 19.8 Å². The lowest BCUT2D eigenvalue weighted by atomic mass is 10.1. The Labute approximate surface area is 144 Å². The molecule has 1 saturated carbocycles. The number of aromatic nitrogens is 3. The molecular formula is C18H19N5O2. The molecule has 1 aromatic carbocycles. The number of hydrogen-bond donors (Lipinski definition) is 1. The van der Waals surface area contributed by atoms with Crippen molar-refractivity contribution in [3.63, 3.8) is 0 Å². The third kappa shape index (κ3) is 3.05.